The van der Waals surface area contributed by atoms with Crippen LogP contribution >= 0.6 is 11.3 Å². The topological polar surface area (TPSA) is 73.3 Å². The molecule has 82 valence electrons. The molecule has 0 spiro atoms. The number of nitrogens with zero attached hydrogens (tertiary/aromatic N) is 4. The van der Waals surface area contributed by atoms with E-state index >= 15 is 0 Å². The predicted octanol–water partition coefficient (Wildman–Crippen LogP) is 1.45. The van der Waals surface area contributed by atoms with Crippen LogP contribution in [0.2, 0.25) is 0 Å². The van der Waals surface area contributed by atoms with Gasteiger partial charge >= 0.3 is 5.69 Å². The molecule has 0 aromatic carbocycles. The third kappa shape index (κ3) is 1.03. The van der Waals surface area contributed by atoms with Crippen LogP contribution < -0.4 is 5.69 Å². The monoisotopic (exact) mass is 244 g/mol. The van der Waals surface area contributed by atoms with E-state index in [0.29, 0.717) is 10.5 Å². The molecule has 0 saturated carbocycles. The number of aromatic nitrogens is 4. The van der Waals surface area contributed by atoms with Crippen LogP contribution in [-0.4, -0.2) is 19.6 Å². The second-order valence-corrected chi connectivity index (χ2v) is 4.54. The van der Waals surface area contributed by atoms with Crippen molar-refractivity contribution in [3.63, 3.8) is 0 Å². The third-order valence-corrected chi connectivity index (χ3v) is 3.62. The number of hydrogen-bond acceptors (Lipinski definition) is 6. The summed E-state index contributed by atoms with van der Waals surface area (Å²) < 4.78 is 7.25. The molecule has 0 bridgehead atoms. The minimum absolute atomic E-state index is 0.409. The SMILES string of the molecule is O=c1nc2sc3coccc3c2c2ncnn12. The average Bonchev–Trinajstić information content (AvgIpc) is 2.90. The van der Waals surface area contributed by atoms with Crippen LogP contribution in [0.25, 0.3) is 25.9 Å². The minimum atomic E-state index is -0.409. The second-order valence-electron chi connectivity index (χ2n) is 3.51. The zero-order chi connectivity index (χ0) is 11.4. The molecule has 0 saturated heterocycles. The lowest BCUT2D eigenvalue weighted by atomic mass is 10.2. The number of thiophene rings is 1. The standard InChI is InChI=1S/C10H4N4O2S/c15-10-13-9-7(8-11-4-12-14(8)10)5-1-2-16-3-6(5)17-9/h1-4H. The molecule has 17 heavy (non-hydrogen) atoms. The number of fused-ring (bicyclic) bond motifs is 5. The Labute approximate surface area is 97.1 Å². The Kier molecular flexibility index (Phi) is 1.50. The highest BCUT2D eigenvalue weighted by Gasteiger charge is 2.13. The summed E-state index contributed by atoms with van der Waals surface area (Å²) in [6.45, 7) is 0. The molecule has 4 heterocycles. The molecule has 4 aromatic heterocycles. The van der Waals surface area contributed by atoms with Crippen molar-refractivity contribution in [2.24, 2.45) is 0 Å². The van der Waals surface area contributed by atoms with Crippen LogP contribution in [-0.2, 0) is 0 Å². The van der Waals surface area contributed by atoms with Crippen molar-refractivity contribution < 1.29 is 4.42 Å². The van der Waals surface area contributed by atoms with Crippen molar-refractivity contribution in [2.75, 3.05) is 0 Å². The van der Waals surface area contributed by atoms with E-state index < -0.39 is 5.69 Å². The fourth-order valence-corrected chi connectivity index (χ4v) is 2.91. The number of rotatable bonds is 0. The van der Waals surface area contributed by atoms with Gasteiger partial charge < -0.3 is 4.42 Å². The van der Waals surface area contributed by atoms with Gasteiger partial charge in [-0.15, -0.1) is 11.3 Å². The van der Waals surface area contributed by atoms with Gasteiger partial charge in [0.2, 0.25) is 0 Å². The molecule has 4 aromatic rings. The second kappa shape index (κ2) is 2.89. The first-order valence-corrected chi connectivity index (χ1v) is 5.65. The van der Waals surface area contributed by atoms with E-state index in [0.717, 1.165) is 15.5 Å². The molecule has 0 aliphatic carbocycles. The zero-order valence-corrected chi connectivity index (χ0v) is 9.14. The van der Waals surface area contributed by atoms with Crippen molar-refractivity contribution in [2.45, 2.75) is 0 Å². The Morgan fingerprint density at radius 3 is 3.29 bits per heavy atom. The minimum Gasteiger partial charge on any atom is -0.471 e. The van der Waals surface area contributed by atoms with Gasteiger partial charge in [-0.1, -0.05) is 0 Å². The van der Waals surface area contributed by atoms with E-state index in [1.54, 1.807) is 12.5 Å². The van der Waals surface area contributed by atoms with Crippen molar-refractivity contribution in [3.05, 3.63) is 35.4 Å². The number of hydrogen-bond donors (Lipinski definition) is 0. The lowest BCUT2D eigenvalue weighted by Gasteiger charge is -1.92. The first-order chi connectivity index (χ1) is 8.34. The van der Waals surface area contributed by atoms with Crippen molar-refractivity contribution in [1.82, 2.24) is 19.6 Å². The molecule has 4 rings (SSSR count). The van der Waals surface area contributed by atoms with E-state index in [4.69, 9.17) is 4.42 Å². The van der Waals surface area contributed by atoms with Crippen LogP contribution in [0.15, 0.2) is 34.1 Å². The van der Waals surface area contributed by atoms with Gasteiger partial charge in [0.1, 0.15) is 17.4 Å². The van der Waals surface area contributed by atoms with Crippen LogP contribution in [0.1, 0.15) is 0 Å². The van der Waals surface area contributed by atoms with Gasteiger partial charge in [0.15, 0.2) is 5.65 Å². The summed E-state index contributed by atoms with van der Waals surface area (Å²) in [5.74, 6) is 0. The highest BCUT2D eigenvalue weighted by molar-refractivity contribution is 7.25. The Balaban J connectivity index is 2.46. The quantitative estimate of drug-likeness (QED) is 0.468. The highest BCUT2D eigenvalue weighted by Crippen LogP contribution is 2.33. The normalized spacial score (nSPS) is 11.8. The molecular formula is C10H4N4O2S. The van der Waals surface area contributed by atoms with Gasteiger partial charge in [-0.05, 0) is 6.07 Å². The molecule has 0 fully saturated rings. The van der Waals surface area contributed by atoms with Crippen LogP contribution in [0.4, 0.5) is 0 Å². The van der Waals surface area contributed by atoms with Gasteiger partial charge in [-0.25, -0.2) is 9.78 Å². The lowest BCUT2D eigenvalue weighted by Crippen LogP contribution is -2.16. The van der Waals surface area contributed by atoms with Gasteiger partial charge in [-0.2, -0.15) is 14.6 Å². The lowest BCUT2D eigenvalue weighted by molar-refractivity contribution is 0.558. The summed E-state index contributed by atoms with van der Waals surface area (Å²) in [4.78, 5) is 20.4. The molecule has 0 aliphatic heterocycles. The van der Waals surface area contributed by atoms with Crippen LogP contribution in [0.5, 0.6) is 0 Å². The van der Waals surface area contributed by atoms with E-state index in [2.05, 4.69) is 15.1 Å². The van der Waals surface area contributed by atoms with E-state index in [-0.39, 0.29) is 0 Å². The van der Waals surface area contributed by atoms with Gasteiger partial charge in [-0.3, -0.25) is 0 Å². The first kappa shape index (κ1) is 8.82. The summed E-state index contributed by atoms with van der Waals surface area (Å²) in [5.41, 5.74) is 0.131. The summed E-state index contributed by atoms with van der Waals surface area (Å²) in [7, 11) is 0. The van der Waals surface area contributed by atoms with Crippen molar-refractivity contribution in [1.29, 1.82) is 0 Å². The molecular weight excluding hydrogens is 240 g/mol. The molecule has 0 unspecified atom stereocenters. The van der Waals surface area contributed by atoms with E-state index in [1.807, 2.05) is 6.07 Å². The van der Waals surface area contributed by atoms with Gasteiger partial charge in [0.05, 0.1) is 16.3 Å². The Bertz CT molecular complexity index is 920. The summed E-state index contributed by atoms with van der Waals surface area (Å²) in [5, 5.41) is 5.69. The average molecular weight is 244 g/mol. The summed E-state index contributed by atoms with van der Waals surface area (Å²) >= 11 is 1.41. The van der Waals surface area contributed by atoms with Gasteiger partial charge in [0.25, 0.3) is 0 Å². The fraction of sp³-hybridized carbons (Fsp3) is 0. The van der Waals surface area contributed by atoms with Crippen molar-refractivity contribution in [3.8, 4) is 0 Å². The van der Waals surface area contributed by atoms with Crippen LogP contribution in [0.3, 0.4) is 0 Å². The Hall–Kier alpha value is -2.28. The summed E-state index contributed by atoms with van der Waals surface area (Å²) in [6, 6.07) is 1.84. The Morgan fingerprint density at radius 2 is 2.35 bits per heavy atom. The summed E-state index contributed by atoms with van der Waals surface area (Å²) in [6.07, 6.45) is 4.58. The molecule has 0 aliphatic rings. The highest BCUT2D eigenvalue weighted by atomic mass is 32.1. The molecule has 6 nitrogen and oxygen atoms in total. The predicted molar refractivity (Wildman–Crippen MR) is 62.2 cm³/mol. The third-order valence-electron chi connectivity index (χ3n) is 2.59. The molecule has 0 N–H and O–H groups in total. The maximum Gasteiger partial charge on any atom is 0.371 e. The molecule has 0 atom stereocenters. The molecule has 0 amide bonds. The Morgan fingerprint density at radius 1 is 1.41 bits per heavy atom. The molecule has 0 radical (unpaired) electrons. The maximum absolute atomic E-state index is 11.7. The van der Waals surface area contributed by atoms with Crippen LogP contribution in [0, 0.1) is 0 Å². The van der Waals surface area contributed by atoms with E-state index in [9.17, 15) is 4.79 Å². The fourth-order valence-electron chi connectivity index (χ4n) is 1.89. The van der Waals surface area contributed by atoms with Crippen molar-refractivity contribution >= 4 is 37.3 Å². The van der Waals surface area contributed by atoms with E-state index in [1.165, 1.54) is 22.2 Å². The zero-order valence-electron chi connectivity index (χ0n) is 8.32. The maximum atomic E-state index is 11.7. The molecule has 7 heteroatoms. The first-order valence-electron chi connectivity index (χ1n) is 4.83. The van der Waals surface area contributed by atoms with Gasteiger partial charge in [0, 0.05) is 5.39 Å². The smallest absolute Gasteiger partial charge is 0.371 e. The largest absolute Gasteiger partial charge is 0.471 e.